The molecule has 3 fully saturated rings. The standard InChI is InChI=1S/C14H27N3O/c1-2-13(1)11-17-8-6-16(7-9-17)5-3-14-12-18-10-4-15-14/h13-15H,1-12H2. The normalized spacial score (nSPS) is 31.7. The minimum Gasteiger partial charge on any atom is -0.379 e. The Kier molecular flexibility index (Phi) is 4.52. The lowest BCUT2D eigenvalue weighted by molar-refractivity contribution is 0.0648. The van der Waals surface area contributed by atoms with Crippen LogP contribution in [0, 0.1) is 5.92 Å². The maximum Gasteiger partial charge on any atom is 0.0620 e. The fourth-order valence-electron chi connectivity index (χ4n) is 3.00. The van der Waals surface area contributed by atoms with Crippen molar-refractivity contribution in [3.05, 3.63) is 0 Å². The summed E-state index contributed by atoms with van der Waals surface area (Å²) in [5.41, 5.74) is 0. The van der Waals surface area contributed by atoms with Crippen molar-refractivity contribution in [3.8, 4) is 0 Å². The van der Waals surface area contributed by atoms with Crippen LogP contribution in [0.2, 0.25) is 0 Å². The third-order valence-corrected chi connectivity index (χ3v) is 4.47. The van der Waals surface area contributed by atoms with Gasteiger partial charge >= 0.3 is 0 Å². The van der Waals surface area contributed by atoms with Gasteiger partial charge in [-0.05, 0) is 31.7 Å². The third-order valence-electron chi connectivity index (χ3n) is 4.47. The average molecular weight is 253 g/mol. The first kappa shape index (κ1) is 12.9. The van der Waals surface area contributed by atoms with Crippen molar-refractivity contribution in [2.45, 2.75) is 25.3 Å². The molecule has 3 rings (SSSR count). The number of hydrogen-bond acceptors (Lipinski definition) is 4. The van der Waals surface area contributed by atoms with E-state index in [4.69, 9.17) is 4.74 Å². The molecule has 1 aliphatic carbocycles. The molecule has 1 unspecified atom stereocenters. The third kappa shape index (κ3) is 3.92. The van der Waals surface area contributed by atoms with E-state index in [1.165, 1.54) is 58.5 Å². The Morgan fingerprint density at radius 3 is 2.50 bits per heavy atom. The largest absolute Gasteiger partial charge is 0.379 e. The van der Waals surface area contributed by atoms with Gasteiger partial charge in [-0.3, -0.25) is 0 Å². The van der Waals surface area contributed by atoms with E-state index in [1.54, 1.807) is 0 Å². The molecule has 2 saturated heterocycles. The highest BCUT2D eigenvalue weighted by Crippen LogP contribution is 2.29. The summed E-state index contributed by atoms with van der Waals surface area (Å²) in [6.07, 6.45) is 4.20. The summed E-state index contributed by atoms with van der Waals surface area (Å²) in [6.45, 7) is 10.5. The van der Waals surface area contributed by atoms with Crippen molar-refractivity contribution in [2.75, 3.05) is 59.0 Å². The van der Waals surface area contributed by atoms with Crippen LogP contribution < -0.4 is 5.32 Å². The Hall–Kier alpha value is -0.160. The highest BCUT2D eigenvalue weighted by Gasteiger charge is 2.26. The molecule has 3 aliphatic rings. The van der Waals surface area contributed by atoms with Gasteiger partial charge in [0.05, 0.1) is 13.2 Å². The quantitative estimate of drug-likeness (QED) is 0.767. The first-order valence-electron chi connectivity index (χ1n) is 7.66. The Bertz CT molecular complexity index is 243. The zero-order valence-corrected chi connectivity index (χ0v) is 11.4. The molecule has 0 aromatic heterocycles. The first-order chi connectivity index (χ1) is 8.90. The van der Waals surface area contributed by atoms with Gasteiger partial charge in [-0.2, -0.15) is 0 Å². The molecule has 0 amide bonds. The van der Waals surface area contributed by atoms with Crippen LogP contribution in [0.5, 0.6) is 0 Å². The monoisotopic (exact) mass is 253 g/mol. The maximum absolute atomic E-state index is 5.50. The number of morpholine rings is 1. The fourth-order valence-corrected chi connectivity index (χ4v) is 3.00. The van der Waals surface area contributed by atoms with Gasteiger partial charge in [0, 0.05) is 45.3 Å². The SMILES string of the molecule is C1COCC(CCN2CCN(CC3CC3)CC2)N1. The molecule has 4 nitrogen and oxygen atoms in total. The van der Waals surface area contributed by atoms with E-state index in [0.717, 1.165) is 25.7 Å². The molecule has 1 N–H and O–H groups in total. The molecule has 104 valence electrons. The lowest BCUT2D eigenvalue weighted by atomic mass is 10.2. The molecular formula is C14H27N3O. The van der Waals surface area contributed by atoms with Crippen molar-refractivity contribution >= 4 is 0 Å². The van der Waals surface area contributed by atoms with Crippen LogP contribution in [-0.4, -0.2) is 74.9 Å². The minimum atomic E-state index is 0.586. The number of nitrogens with one attached hydrogen (secondary N) is 1. The number of piperazine rings is 1. The lowest BCUT2D eigenvalue weighted by Gasteiger charge is -2.35. The molecule has 0 bridgehead atoms. The Morgan fingerprint density at radius 2 is 1.83 bits per heavy atom. The van der Waals surface area contributed by atoms with Crippen LogP contribution in [0.15, 0.2) is 0 Å². The van der Waals surface area contributed by atoms with Crippen LogP contribution in [-0.2, 0) is 4.74 Å². The first-order valence-corrected chi connectivity index (χ1v) is 7.66. The average Bonchev–Trinajstić information content (AvgIpc) is 3.23. The summed E-state index contributed by atoms with van der Waals surface area (Å²) in [4.78, 5) is 5.29. The van der Waals surface area contributed by atoms with E-state index in [9.17, 15) is 0 Å². The molecular weight excluding hydrogens is 226 g/mol. The van der Waals surface area contributed by atoms with E-state index in [0.29, 0.717) is 6.04 Å². The lowest BCUT2D eigenvalue weighted by Crippen LogP contribution is -2.49. The molecule has 2 heterocycles. The molecule has 1 atom stereocenters. The minimum absolute atomic E-state index is 0.586. The summed E-state index contributed by atoms with van der Waals surface area (Å²) in [5.74, 6) is 1.04. The zero-order chi connectivity index (χ0) is 12.2. The number of nitrogens with zero attached hydrogens (tertiary/aromatic N) is 2. The number of hydrogen-bond donors (Lipinski definition) is 1. The van der Waals surface area contributed by atoms with Gasteiger partial charge in [0.15, 0.2) is 0 Å². The molecule has 2 aliphatic heterocycles. The number of ether oxygens (including phenoxy) is 1. The van der Waals surface area contributed by atoms with E-state index >= 15 is 0 Å². The number of rotatable bonds is 5. The van der Waals surface area contributed by atoms with Gasteiger partial charge in [0.1, 0.15) is 0 Å². The van der Waals surface area contributed by atoms with Crippen LogP contribution in [0.1, 0.15) is 19.3 Å². The van der Waals surface area contributed by atoms with Crippen LogP contribution in [0.4, 0.5) is 0 Å². The Balaban J connectivity index is 1.29. The second-order valence-electron chi connectivity index (χ2n) is 6.10. The fraction of sp³-hybridized carbons (Fsp3) is 1.00. The smallest absolute Gasteiger partial charge is 0.0620 e. The molecule has 0 aromatic rings. The van der Waals surface area contributed by atoms with Gasteiger partial charge in [0.2, 0.25) is 0 Å². The van der Waals surface area contributed by atoms with Gasteiger partial charge in [-0.25, -0.2) is 0 Å². The predicted octanol–water partition coefficient (Wildman–Crippen LogP) is 0.393. The second kappa shape index (κ2) is 6.33. The topological polar surface area (TPSA) is 27.7 Å². The summed E-state index contributed by atoms with van der Waals surface area (Å²) >= 11 is 0. The maximum atomic E-state index is 5.50. The van der Waals surface area contributed by atoms with Crippen LogP contribution >= 0.6 is 0 Å². The predicted molar refractivity (Wildman–Crippen MR) is 72.8 cm³/mol. The zero-order valence-electron chi connectivity index (χ0n) is 11.4. The van der Waals surface area contributed by atoms with Crippen molar-refractivity contribution in [1.29, 1.82) is 0 Å². The summed E-state index contributed by atoms with van der Waals surface area (Å²) in [5, 5.41) is 3.54. The molecule has 1 saturated carbocycles. The van der Waals surface area contributed by atoms with Crippen LogP contribution in [0.25, 0.3) is 0 Å². The highest BCUT2D eigenvalue weighted by molar-refractivity contribution is 4.81. The second-order valence-corrected chi connectivity index (χ2v) is 6.10. The van der Waals surface area contributed by atoms with E-state index in [-0.39, 0.29) is 0 Å². The highest BCUT2D eigenvalue weighted by atomic mass is 16.5. The molecule has 0 radical (unpaired) electrons. The van der Waals surface area contributed by atoms with E-state index in [2.05, 4.69) is 15.1 Å². The summed E-state index contributed by atoms with van der Waals surface area (Å²) < 4.78 is 5.50. The molecule has 18 heavy (non-hydrogen) atoms. The van der Waals surface area contributed by atoms with Crippen molar-refractivity contribution in [3.63, 3.8) is 0 Å². The molecule has 0 aromatic carbocycles. The molecule has 4 heteroatoms. The Labute approximate surface area is 111 Å². The van der Waals surface area contributed by atoms with Gasteiger partial charge in [-0.1, -0.05) is 0 Å². The van der Waals surface area contributed by atoms with Crippen molar-refractivity contribution < 1.29 is 4.74 Å². The van der Waals surface area contributed by atoms with Gasteiger partial charge < -0.3 is 19.9 Å². The molecule has 0 spiro atoms. The summed E-state index contributed by atoms with van der Waals surface area (Å²) in [7, 11) is 0. The summed E-state index contributed by atoms with van der Waals surface area (Å²) in [6, 6.07) is 0.586. The van der Waals surface area contributed by atoms with Crippen molar-refractivity contribution in [1.82, 2.24) is 15.1 Å². The van der Waals surface area contributed by atoms with Crippen molar-refractivity contribution in [2.24, 2.45) is 5.92 Å². The van der Waals surface area contributed by atoms with E-state index in [1.807, 2.05) is 0 Å². The van der Waals surface area contributed by atoms with Crippen LogP contribution in [0.3, 0.4) is 0 Å². The Morgan fingerprint density at radius 1 is 1.06 bits per heavy atom. The van der Waals surface area contributed by atoms with Gasteiger partial charge in [-0.15, -0.1) is 0 Å². The van der Waals surface area contributed by atoms with E-state index < -0.39 is 0 Å². The van der Waals surface area contributed by atoms with Gasteiger partial charge in [0.25, 0.3) is 0 Å².